The third-order valence-corrected chi connectivity index (χ3v) is 6.72. The van der Waals surface area contributed by atoms with Gasteiger partial charge in [0.1, 0.15) is 4.90 Å². The molecule has 1 unspecified atom stereocenters. The van der Waals surface area contributed by atoms with Gasteiger partial charge in [-0.2, -0.15) is 4.31 Å². The summed E-state index contributed by atoms with van der Waals surface area (Å²) in [6.45, 7) is 3.39. The highest BCUT2D eigenvalue weighted by Crippen LogP contribution is 2.36. The van der Waals surface area contributed by atoms with E-state index in [2.05, 4.69) is 0 Å². The molecule has 0 radical (unpaired) electrons. The highest BCUT2D eigenvalue weighted by molar-refractivity contribution is 7.89. The molecule has 1 aromatic carbocycles. The SMILES string of the molecule is Cc1cc(Cl)c(C)c(S(=O)(=O)N2CCC(C(=O)O)C2)c1Cl. The summed E-state index contributed by atoms with van der Waals surface area (Å²) in [5, 5.41) is 9.45. The zero-order valence-electron chi connectivity index (χ0n) is 11.6. The number of carboxylic acid groups (broad SMARTS) is 1. The van der Waals surface area contributed by atoms with E-state index in [-0.39, 0.29) is 23.0 Å². The molecule has 1 atom stereocenters. The highest BCUT2D eigenvalue weighted by atomic mass is 35.5. The van der Waals surface area contributed by atoms with E-state index in [0.29, 0.717) is 22.6 Å². The molecule has 1 aliphatic heterocycles. The van der Waals surface area contributed by atoms with E-state index >= 15 is 0 Å². The van der Waals surface area contributed by atoms with Crippen LogP contribution in [0.4, 0.5) is 0 Å². The predicted molar refractivity (Wildman–Crippen MR) is 80.4 cm³/mol. The Morgan fingerprint density at radius 3 is 2.52 bits per heavy atom. The summed E-state index contributed by atoms with van der Waals surface area (Å²) in [5.74, 6) is -1.67. The largest absolute Gasteiger partial charge is 0.481 e. The molecular weight excluding hydrogens is 337 g/mol. The van der Waals surface area contributed by atoms with Crippen LogP contribution in [0.2, 0.25) is 10.0 Å². The number of carboxylic acids is 1. The van der Waals surface area contributed by atoms with Crippen LogP contribution in [0.1, 0.15) is 17.5 Å². The monoisotopic (exact) mass is 351 g/mol. The van der Waals surface area contributed by atoms with Crippen molar-refractivity contribution in [3.8, 4) is 0 Å². The van der Waals surface area contributed by atoms with Gasteiger partial charge in [-0.25, -0.2) is 8.42 Å². The van der Waals surface area contributed by atoms with Crippen LogP contribution in [-0.4, -0.2) is 36.9 Å². The number of sulfonamides is 1. The Morgan fingerprint density at radius 2 is 2.00 bits per heavy atom. The van der Waals surface area contributed by atoms with Gasteiger partial charge in [0.15, 0.2) is 0 Å². The Balaban J connectivity index is 2.49. The van der Waals surface area contributed by atoms with E-state index in [1.807, 2.05) is 0 Å². The molecule has 2 rings (SSSR count). The molecule has 1 saturated heterocycles. The molecule has 0 aliphatic carbocycles. The fourth-order valence-corrected chi connectivity index (χ4v) is 5.07. The molecule has 1 aromatic rings. The van der Waals surface area contributed by atoms with Crippen LogP contribution in [0.5, 0.6) is 0 Å². The lowest BCUT2D eigenvalue weighted by Gasteiger charge is -2.20. The maximum absolute atomic E-state index is 12.7. The van der Waals surface area contributed by atoms with Crippen molar-refractivity contribution in [1.29, 1.82) is 0 Å². The number of nitrogens with zero attached hydrogens (tertiary/aromatic N) is 1. The summed E-state index contributed by atoms with van der Waals surface area (Å²) < 4.78 is 26.6. The maximum atomic E-state index is 12.7. The van der Waals surface area contributed by atoms with Crippen molar-refractivity contribution >= 4 is 39.2 Å². The van der Waals surface area contributed by atoms with Gasteiger partial charge in [-0.1, -0.05) is 23.2 Å². The van der Waals surface area contributed by atoms with Crippen LogP contribution in [0, 0.1) is 19.8 Å². The number of hydrogen-bond acceptors (Lipinski definition) is 3. The lowest BCUT2D eigenvalue weighted by molar-refractivity contribution is -0.141. The lowest BCUT2D eigenvalue weighted by Crippen LogP contribution is -2.31. The molecule has 1 N–H and O–H groups in total. The van der Waals surface area contributed by atoms with Crippen molar-refractivity contribution in [2.45, 2.75) is 25.2 Å². The molecule has 5 nitrogen and oxygen atoms in total. The van der Waals surface area contributed by atoms with Crippen LogP contribution in [0.25, 0.3) is 0 Å². The third kappa shape index (κ3) is 2.90. The zero-order valence-corrected chi connectivity index (χ0v) is 13.9. The van der Waals surface area contributed by atoms with Gasteiger partial charge < -0.3 is 5.11 Å². The van der Waals surface area contributed by atoms with Crippen molar-refractivity contribution in [2.75, 3.05) is 13.1 Å². The van der Waals surface area contributed by atoms with Crippen LogP contribution >= 0.6 is 23.2 Å². The number of rotatable bonds is 3. The fraction of sp³-hybridized carbons (Fsp3) is 0.462. The van der Waals surface area contributed by atoms with E-state index in [1.54, 1.807) is 19.9 Å². The number of carbonyl (C=O) groups is 1. The van der Waals surface area contributed by atoms with Gasteiger partial charge in [0.25, 0.3) is 0 Å². The molecule has 0 spiro atoms. The van der Waals surface area contributed by atoms with E-state index in [9.17, 15) is 13.2 Å². The fourth-order valence-electron chi connectivity index (χ4n) is 2.40. The van der Waals surface area contributed by atoms with Crippen molar-refractivity contribution < 1.29 is 18.3 Å². The summed E-state index contributed by atoms with van der Waals surface area (Å²) in [7, 11) is -3.86. The minimum Gasteiger partial charge on any atom is -0.481 e. The third-order valence-electron chi connectivity index (χ3n) is 3.69. The number of aliphatic carboxylic acids is 1. The Hall–Kier alpha value is -0.820. The molecule has 0 bridgehead atoms. The Kier molecular flexibility index (Phi) is 4.54. The van der Waals surface area contributed by atoms with Gasteiger partial charge in [-0.3, -0.25) is 4.79 Å². The van der Waals surface area contributed by atoms with Gasteiger partial charge in [0, 0.05) is 18.1 Å². The van der Waals surface area contributed by atoms with Gasteiger partial charge in [-0.15, -0.1) is 0 Å². The van der Waals surface area contributed by atoms with Crippen molar-refractivity contribution in [1.82, 2.24) is 4.31 Å². The van der Waals surface area contributed by atoms with Gasteiger partial charge in [0.05, 0.1) is 10.9 Å². The highest BCUT2D eigenvalue weighted by Gasteiger charge is 2.38. The quantitative estimate of drug-likeness (QED) is 0.908. The van der Waals surface area contributed by atoms with Crippen LogP contribution < -0.4 is 0 Å². The first kappa shape index (κ1) is 16.5. The molecule has 1 fully saturated rings. The second-order valence-electron chi connectivity index (χ2n) is 5.13. The summed E-state index contributed by atoms with van der Waals surface area (Å²) >= 11 is 12.2. The van der Waals surface area contributed by atoms with E-state index < -0.39 is 21.9 Å². The van der Waals surface area contributed by atoms with Crippen LogP contribution in [-0.2, 0) is 14.8 Å². The summed E-state index contributed by atoms with van der Waals surface area (Å²) in [5.41, 5.74) is 0.950. The second kappa shape index (κ2) is 5.76. The van der Waals surface area contributed by atoms with Gasteiger partial charge in [0.2, 0.25) is 10.0 Å². The molecule has 8 heteroatoms. The van der Waals surface area contributed by atoms with Crippen LogP contribution in [0.3, 0.4) is 0 Å². The van der Waals surface area contributed by atoms with Crippen molar-refractivity contribution in [3.63, 3.8) is 0 Å². The number of benzene rings is 1. The van der Waals surface area contributed by atoms with Gasteiger partial charge >= 0.3 is 5.97 Å². The molecule has 0 saturated carbocycles. The second-order valence-corrected chi connectivity index (χ2v) is 7.79. The molecular formula is C13H15Cl2NO4S. The topological polar surface area (TPSA) is 74.7 Å². The average Bonchev–Trinajstić information content (AvgIpc) is 2.87. The van der Waals surface area contributed by atoms with Crippen LogP contribution in [0.15, 0.2) is 11.0 Å². The molecule has 1 aliphatic rings. The number of hydrogen-bond donors (Lipinski definition) is 1. The maximum Gasteiger partial charge on any atom is 0.307 e. The van der Waals surface area contributed by atoms with E-state index in [4.69, 9.17) is 28.3 Å². The normalized spacial score (nSPS) is 19.9. The first-order valence-electron chi connectivity index (χ1n) is 6.34. The average molecular weight is 352 g/mol. The molecule has 1 heterocycles. The standard InChI is InChI=1S/C13H15Cl2NO4S/c1-7-5-10(14)8(2)12(11(7)15)21(19,20)16-4-3-9(6-16)13(17)18/h5,9H,3-4,6H2,1-2H3,(H,17,18). The first-order valence-corrected chi connectivity index (χ1v) is 8.54. The Bertz CT molecular complexity index is 676. The smallest absolute Gasteiger partial charge is 0.307 e. The summed E-state index contributed by atoms with van der Waals surface area (Å²) in [6, 6.07) is 1.61. The minimum atomic E-state index is -3.86. The molecule has 116 valence electrons. The van der Waals surface area contributed by atoms with Crippen molar-refractivity contribution in [3.05, 3.63) is 27.2 Å². The zero-order chi connectivity index (χ0) is 15.9. The Morgan fingerprint density at radius 1 is 1.38 bits per heavy atom. The van der Waals surface area contributed by atoms with E-state index in [1.165, 1.54) is 0 Å². The number of halogens is 2. The lowest BCUT2D eigenvalue weighted by atomic mass is 10.1. The minimum absolute atomic E-state index is 0.0276. The molecule has 21 heavy (non-hydrogen) atoms. The van der Waals surface area contributed by atoms with Gasteiger partial charge in [-0.05, 0) is 37.5 Å². The van der Waals surface area contributed by atoms with E-state index in [0.717, 1.165) is 4.31 Å². The molecule has 0 amide bonds. The summed E-state index contributed by atoms with van der Waals surface area (Å²) in [6.07, 6.45) is 0.296. The van der Waals surface area contributed by atoms with Crippen molar-refractivity contribution in [2.24, 2.45) is 5.92 Å². The summed E-state index contributed by atoms with van der Waals surface area (Å²) in [4.78, 5) is 11.0. The Labute approximate surface area is 133 Å². The predicted octanol–water partition coefficient (Wildman–Crippen LogP) is 2.71. The molecule has 0 aromatic heterocycles. The first-order chi connectivity index (χ1) is 9.66. The number of aryl methyl sites for hydroxylation is 1.